The predicted octanol–water partition coefficient (Wildman–Crippen LogP) is 3.49. The maximum atomic E-state index is 13.7. The van der Waals surface area contributed by atoms with Gasteiger partial charge in [-0.15, -0.1) is 0 Å². The molecular weight excluding hydrogens is 291 g/mol. The highest BCUT2D eigenvalue weighted by atomic mass is 35.5. The Morgan fingerprint density at radius 3 is 2.95 bits per heavy atom. The second-order valence-corrected chi connectivity index (χ2v) is 5.50. The van der Waals surface area contributed by atoms with Gasteiger partial charge in [0, 0.05) is 18.3 Å². The smallest absolute Gasteiger partial charge is 0.147 e. The van der Waals surface area contributed by atoms with Gasteiger partial charge in [-0.2, -0.15) is 0 Å². The van der Waals surface area contributed by atoms with Crippen LogP contribution in [0.4, 0.5) is 10.1 Å². The Morgan fingerprint density at radius 2 is 2.24 bits per heavy atom. The lowest BCUT2D eigenvalue weighted by atomic mass is 9.92. The summed E-state index contributed by atoms with van der Waals surface area (Å²) in [4.78, 5) is 17.7. The zero-order chi connectivity index (χ0) is 15.0. The Morgan fingerprint density at radius 1 is 1.43 bits per heavy atom. The highest BCUT2D eigenvalue weighted by molar-refractivity contribution is 6.32. The van der Waals surface area contributed by atoms with Crippen LogP contribution in [0.2, 0.25) is 5.02 Å². The molecular formula is C16H14ClFN2O. The number of aldehydes is 1. The van der Waals surface area contributed by atoms with Gasteiger partial charge in [0.05, 0.1) is 16.9 Å². The third-order valence-electron chi connectivity index (χ3n) is 3.93. The van der Waals surface area contributed by atoms with Gasteiger partial charge in [-0.25, -0.2) is 4.39 Å². The van der Waals surface area contributed by atoms with Crippen molar-refractivity contribution in [3.63, 3.8) is 0 Å². The number of fused-ring (bicyclic) bond motifs is 1. The van der Waals surface area contributed by atoms with Gasteiger partial charge in [0.25, 0.3) is 0 Å². The monoisotopic (exact) mass is 304 g/mol. The minimum Gasteiger partial charge on any atom is -0.356 e. The first-order valence-corrected chi connectivity index (χ1v) is 7.10. The van der Waals surface area contributed by atoms with Crippen molar-refractivity contribution in [3.8, 4) is 0 Å². The Labute approximate surface area is 127 Å². The summed E-state index contributed by atoms with van der Waals surface area (Å²) < 4.78 is 13.7. The molecule has 108 valence electrons. The zero-order valence-corrected chi connectivity index (χ0v) is 12.3. The molecule has 3 rings (SSSR count). The summed E-state index contributed by atoms with van der Waals surface area (Å²) in [5.74, 6) is -0.493. The van der Waals surface area contributed by atoms with Crippen molar-refractivity contribution in [1.82, 2.24) is 4.98 Å². The van der Waals surface area contributed by atoms with Gasteiger partial charge in [-0.05, 0) is 36.6 Å². The van der Waals surface area contributed by atoms with Crippen LogP contribution in [0.25, 0.3) is 0 Å². The lowest BCUT2D eigenvalue weighted by molar-refractivity contribution is -0.109. The molecule has 1 atom stereocenters. The largest absolute Gasteiger partial charge is 0.356 e. The molecule has 5 heteroatoms. The van der Waals surface area contributed by atoms with Crippen molar-refractivity contribution in [2.75, 3.05) is 11.4 Å². The highest BCUT2D eigenvalue weighted by Gasteiger charge is 2.31. The second-order valence-electron chi connectivity index (χ2n) is 5.12. The van der Waals surface area contributed by atoms with E-state index in [0.717, 1.165) is 23.1 Å². The van der Waals surface area contributed by atoms with Gasteiger partial charge in [0.1, 0.15) is 18.1 Å². The van der Waals surface area contributed by atoms with Crippen molar-refractivity contribution < 1.29 is 9.18 Å². The van der Waals surface area contributed by atoms with Crippen molar-refractivity contribution in [1.29, 1.82) is 0 Å². The summed E-state index contributed by atoms with van der Waals surface area (Å²) in [6.07, 6.45) is 4.97. The normalized spacial score (nSPS) is 17.5. The fraction of sp³-hybridized carbons (Fsp3) is 0.250. The standard InChI is InChI=1S/C16H14ClFN2O/c1-10-4-6-19-8-13(10)20-7-5-11-2-3-12(18)16(17)15(11)14(20)9-21/h2-4,6,8-9,14H,5,7H2,1H3. The van der Waals surface area contributed by atoms with Crippen LogP contribution in [0, 0.1) is 12.7 Å². The molecule has 0 fully saturated rings. The number of aryl methyl sites for hydroxylation is 1. The van der Waals surface area contributed by atoms with Crippen LogP contribution in [0.15, 0.2) is 30.6 Å². The molecule has 1 aromatic heterocycles. The van der Waals surface area contributed by atoms with Crippen LogP contribution in [0.3, 0.4) is 0 Å². The Kier molecular flexibility index (Phi) is 3.64. The number of aromatic nitrogens is 1. The number of rotatable bonds is 2. The van der Waals surface area contributed by atoms with Gasteiger partial charge in [-0.3, -0.25) is 4.98 Å². The molecule has 0 saturated heterocycles. The van der Waals surface area contributed by atoms with E-state index < -0.39 is 11.9 Å². The molecule has 0 saturated carbocycles. The van der Waals surface area contributed by atoms with Crippen molar-refractivity contribution in [2.24, 2.45) is 0 Å². The molecule has 21 heavy (non-hydrogen) atoms. The van der Waals surface area contributed by atoms with Crippen LogP contribution in [0.1, 0.15) is 22.7 Å². The van der Waals surface area contributed by atoms with Crippen molar-refractivity contribution in [3.05, 3.63) is 58.1 Å². The molecule has 1 aromatic carbocycles. The van der Waals surface area contributed by atoms with E-state index in [1.165, 1.54) is 6.07 Å². The quantitative estimate of drug-likeness (QED) is 0.796. The summed E-state index contributed by atoms with van der Waals surface area (Å²) in [5, 5.41) is 0.0378. The van der Waals surface area contributed by atoms with Crippen LogP contribution in [0.5, 0.6) is 0 Å². The van der Waals surface area contributed by atoms with E-state index in [4.69, 9.17) is 11.6 Å². The van der Waals surface area contributed by atoms with Gasteiger partial charge >= 0.3 is 0 Å². The summed E-state index contributed by atoms with van der Waals surface area (Å²) in [6.45, 7) is 2.63. The zero-order valence-electron chi connectivity index (χ0n) is 11.5. The van der Waals surface area contributed by atoms with Crippen molar-refractivity contribution in [2.45, 2.75) is 19.4 Å². The first kappa shape index (κ1) is 14.0. The maximum Gasteiger partial charge on any atom is 0.147 e. The molecule has 1 aliphatic rings. The van der Waals surface area contributed by atoms with E-state index in [-0.39, 0.29) is 5.02 Å². The lowest BCUT2D eigenvalue weighted by Gasteiger charge is -2.37. The molecule has 1 unspecified atom stereocenters. The van der Waals surface area contributed by atoms with E-state index in [1.807, 2.05) is 17.9 Å². The topological polar surface area (TPSA) is 33.2 Å². The van der Waals surface area contributed by atoms with Crippen LogP contribution >= 0.6 is 11.6 Å². The Balaban J connectivity index is 2.13. The number of carbonyl (C=O) groups excluding carboxylic acids is 1. The van der Waals surface area contributed by atoms with Crippen LogP contribution in [-0.2, 0) is 11.2 Å². The Bertz CT molecular complexity index is 705. The molecule has 2 aromatic rings. The van der Waals surface area contributed by atoms with E-state index in [0.29, 0.717) is 18.5 Å². The molecule has 0 bridgehead atoms. The van der Waals surface area contributed by atoms with Gasteiger partial charge in [0.15, 0.2) is 0 Å². The number of hydrogen-bond acceptors (Lipinski definition) is 3. The summed E-state index contributed by atoms with van der Waals surface area (Å²) in [6, 6.07) is 4.37. The van der Waals surface area contributed by atoms with E-state index in [9.17, 15) is 9.18 Å². The van der Waals surface area contributed by atoms with Crippen LogP contribution < -0.4 is 4.90 Å². The number of anilines is 1. The molecule has 0 amide bonds. The molecule has 0 N–H and O–H groups in total. The lowest BCUT2D eigenvalue weighted by Crippen LogP contribution is -2.37. The average Bonchev–Trinajstić information content (AvgIpc) is 2.50. The van der Waals surface area contributed by atoms with Gasteiger partial charge in [-0.1, -0.05) is 17.7 Å². The number of hydrogen-bond donors (Lipinski definition) is 0. The summed E-state index contributed by atoms with van der Waals surface area (Å²) in [5.41, 5.74) is 3.39. The van der Waals surface area contributed by atoms with Crippen LogP contribution in [-0.4, -0.2) is 17.8 Å². The Hall–Kier alpha value is -1.94. The highest BCUT2D eigenvalue weighted by Crippen LogP contribution is 2.38. The number of halogens is 2. The molecule has 2 heterocycles. The minimum absolute atomic E-state index is 0.0378. The third kappa shape index (κ3) is 2.29. The summed E-state index contributed by atoms with van der Waals surface area (Å²) in [7, 11) is 0. The third-order valence-corrected chi connectivity index (χ3v) is 4.31. The number of benzene rings is 1. The number of nitrogens with zero attached hydrogens (tertiary/aromatic N) is 2. The predicted molar refractivity (Wildman–Crippen MR) is 80.2 cm³/mol. The molecule has 0 spiro atoms. The molecule has 0 radical (unpaired) electrons. The SMILES string of the molecule is Cc1ccncc1N1CCc2ccc(F)c(Cl)c2C1C=O. The number of pyridine rings is 1. The second kappa shape index (κ2) is 5.45. The molecule has 3 nitrogen and oxygen atoms in total. The maximum absolute atomic E-state index is 13.7. The van der Waals surface area contributed by atoms with Crippen molar-refractivity contribution >= 4 is 23.6 Å². The first-order chi connectivity index (χ1) is 10.1. The van der Waals surface area contributed by atoms with E-state index in [2.05, 4.69) is 4.98 Å². The minimum atomic E-state index is -0.583. The van der Waals surface area contributed by atoms with Gasteiger partial charge < -0.3 is 9.69 Å². The first-order valence-electron chi connectivity index (χ1n) is 6.73. The van der Waals surface area contributed by atoms with Gasteiger partial charge in [0.2, 0.25) is 0 Å². The van der Waals surface area contributed by atoms with E-state index in [1.54, 1.807) is 18.5 Å². The average molecular weight is 305 g/mol. The fourth-order valence-corrected chi connectivity index (χ4v) is 3.14. The molecule has 1 aliphatic heterocycles. The fourth-order valence-electron chi connectivity index (χ4n) is 2.85. The summed E-state index contributed by atoms with van der Waals surface area (Å²) >= 11 is 6.10. The molecule has 0 aliphatic carbocycles. The van der Waals surface area contributed by atoms with E-state index >= 15 is 0 Å². The number of carbonyl (C=O) groups is 1.